The van der Waals surface area contributed by atoms with Crippen LogP contribution in [0.5, 0.6) is 0 Å². The first-order chi connectivity index (χ1) is 16.3. The number of rotatable bonds is 5. The highest BCUT2D eigenvalue weighted by Crippen LogP contribution is 2.43. The van der Waals surface area contributed by atoms with E-state index < -0.39 is 10.0 Å². The molecule has 0 radical (unpaired) electrons. The number of morpholine rings is 1. The zero-order valence-corrected chi connectivity index (χ0v) is 21.1. The number of piperazine rings is 1. The summed E-state index contributed by atoms with van der Waals surface area (Å²) in [6.45, 7) is 7.79. The zero-order valence-electron chi connectivity index (χ0n) is 19.4. The van der Waals surface area contributed by atoms with E-state index in [2.05, 4.69) is 19.8 Å². The summed E-state index contributed by atoms with van der Waals surface area (Å²) >= 11 is 1.83. The molecule has 5 rings (SSSR count). The average Bonchev–Trinajstić information content (AvgIpc) is 3.21. The minimum Gasteiger partial charge on any atom is -0.378 e. The van der Waals surface area contributed by atoms with Crippen LogP contribution in [0.2, 0.25) is 0 Å². The Kier molecular flexibility index (Phi) is 6.64. The number of anilines is 2. The molecule has 5 heterocycles. The molecular formula is C21H30N8O3S2. The number of ether oxygens (including phenoxy) is 1. The monoisotopic (exact) mass is 506 g/mol. The molecule has 2 N–H and O–H groups in total. The predicted molar refractivity (Wildman–Crippen MR) is 131 cm³/mol. The number of thioether (sulfide) groups is 1. The molecule has 2 aromatic heterocycles. The third-order valence-electron chi connectivity index (χ3n) is 6.40. The van der Waals surface area contributed by atoms with E-state index in [1.807, 2.05) is 18.7 Å². The fourth-order valence-corrected chi connectivity index (χ4v) is 7.34. The first-order valence-electron chi connectivity index (χ1n) is 11.5. The van der Waals surface area contributed by atoms with E-state index in [4.69, 9.17) is 20.4 Å². The second-order valence-corrected chi connectivity index (χ2v) is 12.2. The second-order valence-electron chi connectivity index (χ2n) is 9.00. The summed E-state index contributed by atoms with van der Waals surface area (Å²) in [5, 5.41) is 0.332. The van der Waals surface area contributed by atoms with Gasteiger partial charge in [0.25, 0.3) is 0 Å². The van der Waals surface area contributed by atoms with Crippen molar-refractivity contribution < 1.29 is 13.2 Å². The first-order valence-corrected chi connectivity index (χ1v) is 14.2. The molecule has 2 fully saturated rings. The standard InChI is InChI=1S/C21H30N8O3S2/c1-14-12-27(3-4-29(14)34(2,30)31)13-16-9-17-18(33-16)20(28-5-7-32-8-6-28)26-19(25-17)15-10-23-21(22)24-11-15/h10-11,14,16H,3-9,12-13H2,1-2H3,(H2,22,23,24)/t14-,16?/m1/s1. The molecule has 0 aromatic carbocycles. The summed E-state index contributed by atoms with van der Waals surface area (Å²) < 4.78 is 31.2. The molecule has 0 amide bonds. The van der Waals surface area contributed by atoms with Crippen LogP contribution in [-0.2, 0) is 21.2 Å². The lowest BCUT2D eigenvalue weighted by molar-refractivity contribution is 0.122. The number of nitrogens with two attached hydrogens (primary N) is 1. The minimum atomic E-state index is -3.17. The van der Waals surface area contributed by atoms with Crippen LogP contribution >= 0.6 is 11.8 Å². The number of aromatic nitrogens is 4. The van der Waals surface area contributed by atoms with Crippen LogP contribution in [0.4, 0.5) is 11.8 Å². The van der Waals surface area contributed by atoms with Crippen molar-refractivity contribution in [2.45, 2.75) is 29.5 Å². The fourth-order valence-electron chi connectivity index (χ4n) is 4.80. The van der Waals surface area contributed by atoms with Crippen molar-refractivity contribution in [2.75, 3.05) is 69.4 Å². The summed E-state index contributed by atoms with van der Waals surface area (Å²) in [6, 6.07) is -0.0293. The average molecular weight is 507 g/mol. The highest BCUT2D eigenvalue weighted by Gasteiger charge is 2.35. The van der Waals surface area contributed by atoms with Gasteiger partial charge in [-0.1, -0.05) is 0 Å². The van der Waals surface area contributed by atoms with Crippen molar-refractivity contribution in [3.63, 3.8) is 0 Å². The van der Waals surface area contributed by atoms with Gasteiger partial charge in [0.15, 0.2) is 5.82 Å². The highest BCUT2D eigenvalue weighted by molar-refractivity contribution is 8.00. The Morgan fingerprint density at radius 3 is 2.56 bits per heavy atom. The number of nitrogens with zero attached hydrogens (tertiary/aromatic N) is 7. The van der Waals surface area contributed by atoms with Crippen molar-refractivity contribution >= 4 is 33.6 Å². The van der Waals surface area contributed by atoms with E-state index in [0.29, 0.717) is 30.8 Å². The van der Waals surface area contributed by atoms with Crippen molar-refractivity contribution in [1.29, 1.82) is 0 Å². The van der Waals surface area contributed by atoms with Crippen molar-refractivity contribution in [3.05, 3.63) is 18.1 Å². The number of nitrogen functional groups attached to an aromatic ring is 1. The van der Waals surface area contributed by atoms with Crippen LogP contribution in [0, 0.1) is 0 Å². The summed E-state index contributed by atoms with van der Waals surface area (Å²) in [5.74, 6) is 1.78. The molecule has 0 aliphatic carbocycles. The van der Waals surface area contributed by atoms with E-state index in [-0.39, 0.29) is 12.0 Å². The minimum absolute atomic E-state index is 0.0293. The molecule has 2 saturated heterocycles. The Balaban J connectivity index is 1.36. The molecular weight excluding hydrogens is 476 g/mol. The maximum atomic E-state index is 12.0. The van der Waals surface area contributed by atoms with Crippen molar-refractivity contribution in [1.82, 2.24) is 29.1 Å². The Hall–Kier alpha value is -2.06. The summed E-state index contributed by atoms with van der Waals surface area (Å²) in [4.78, 5) is 23.8. The lowest BCUT2D eigenvalue weighted by atomic mass is 10.1. The molecule has 13 heteroatoms. The van der Waals surface area contributed by atoms with Crippen LogP contribution in [-0.4, -0.2) is 108 Å². The van der Waals surface area contributed by atoms with Gasteiger partial charge in [0.1, 0.15) is 5.82 Å². The number of fused-ring (bicyclic) bond motifs is 1. The van der Waals surface area contributed by atoms with Gasteiger partial charge in [-0.05, 0) is 6.92 Å². The Bertz CT molecular complexity index is 1140. The highest BCUT2D eigenvalue weighted by atomic mass is 32.2. The quantitative estimate of drug-likeness (QED) is 0.602. The number of hydrogen-bond acceptors (Lipinski definition) is 11. The van der Waals surface area contributed by atoms with Gasteiger partial charge in [0.2, 0.25) is 16.0 Å². The van der Waals surface area contributed by atoms with E-state index in [1.54, 1.807) is 16.7 Å². The van der Waals surface area contributed by atoms with Gasteiger partial charge in [-0.25, -0.2) is 28.4 Å². The SMILES string of the molecule is C[C@@H]1CN(CC2Cc3nc(-c4cnc(N)nc4)nc(N4CCOCC4)c3S2)CCN1S(C)(=O)=O. The molecule has 2 aromatic rings. The number of sulfonamides is 1. The lowest BCUT2D eigenvalue weighted by Gasteiger charge is -2.39. The molecule has 3 aliphatic heterocycles. The largest absolute Gasteiger partial charge is 0.378 e. The van der Waals surface area contributed by atoms with Crippen LogP contribution in [0.1, 0.15) is 12.6 Å². The zero-order chi connectivity index (χ0) is 23.9. The summed E-state index contributed by atoms with van der Waals surface area (Å²) in [6.07, 6.45) is 5.45. The molecule has 34 heavy (non-hydrogen) atoms. The van der Waals surface area contributed by atoms with Crippen LogP contribution in [0.25, 0.3) is 11.4 Å². The normalized spacial score (nSPS) is 24.4. The fraction of sp³-hybridized carbons (Fsp3) is 0.619. The molecule has 2 atom stereocenters. The van der Waals surface area contributed by atoms with Gasteiger partial charge in [0.05, 0.1) is 35.6 Å². The Morgan fingerprint density at radius 2 is 1.88 bits per heavy atom. The molecule has 0 saturated carbocycles. The maximum Gasteiger partial charge on any atom is 0.219 e. The summed E-state index contributed by atoms with van der Waals surface area (Å²) in [5.41, 5.74) is 7.45. The van der Waals surface area contributed by atoms with Gasteiger partial charge < -0.3 is 15.4 Å². The van der Waals surface area contributed by atoms with Gasteiger partial charge in [-0.3, -0.25) is 4.90 Å². The Morgan fingerprint density at radius 1 is 1.15 bits per heavy atom. The van der Waals surface area contributed by atoms with Gasteiger partial charge in [-0.2, -0.15) is 4.31 Å². The molecule has 1 unspecified atom stereocenters. The van der Waals surface area contributed by atoms with E-state index >= 15 is 0 Å². The second kappa shape index (κ2) is 9.53. The summed E-state index contributed by atoms with van der Waals surface area (Å²) in [7, 11) is -3.17. The van der Waals surface area contributed by atoms with E-state index in [1.165, 1.54) is 6.26 Å². The van der Waals surface area contributed by atoms with Gasteiger partial charge in [0, 0.05) is 69.4 Å². The van der Waals surface area contributed by atoms with E-state index in [9.17, 15) is 8.42 Å². The van der Waals surface area contributed by atoms with Crippen LogP contribution in [0.3, 0.4) is 0 Å². The maximum absolute atomic E-state index is 12.0. The van der Waals surface area contributed by atoms with Crippen molar-refractivity contribution in [3.8, 4) is 11.4 Å². The lowest BCUT2D eigenvalue weighted by Crippen LogP contribution is -2.54. The van der Waals surface area contributed by atoms with Crippen LogP contribution in [0.15, 0.2) is 17.3 Å². The molecule has 11 nitrogen and oxygen atoms in total. The van der Waals surface area contributed by atoms with Crippen molar-refractivity contribution in [2.24, 2.45) is 0 Å². The van der Waals surface area contributed by atoms with Gasteiger partial charge >= 0.3 is 0 Å². The molecule has 184 valence electrons. The predicted octanol–water partition coefficient (Wildman–Crippen LogP) is 0.335. The smallest absolute Gasteiger partial charge is 0.219 e. The third kappa shape index (κ3) is 4.98. The molecule has 0 spiro atoms. The first kappa shape index (κ1) is 23.7. The van der Waals surface area contributed by atoms with E-state index in [0.717, 1.165) is 61.1 Å². The Labute approximate surface area is 204 Å². The molecule has 0 bridgehead atoms. The number of hydrogen-bond donors (Lipinski definition) is 1. The van der Waals surface area contributed by atoms with Crippen LogP contribution < -0.4 is 10.6 Å². The topological polar surface area (TPSA) is 131 Å². The third-order valence-corrected chi connectivity index (χ3v) is 9.10. The van der Waals surface area contributed by atoms with Gasteiger partial charge in [-0.15, -0.1) is 11.8 Å². The molecule has 3 aliphatic rings.